The predicted octanol–water partition coefficient (Wildman–Crippen LogP) is 1.71. The fourth-order valence-corrected chi connectivity index (χ4v) is 3.66. The molecule has 0 aliphatic heterocycles. The van der Waals surface area contributed by atoms with Crippen LogP contribution in [0, 0.1) is 0 Å². The Balaban J connectivity index is 1.94. The summed E-state index contributed by atoms with van der Waals surface area (Å²) < 4.78 is 26.4. The SMILES string of the molecule is O=S(=O)(NCCc1ccccn1)c1cnc(Cl)s1. The Morgan fingerprint density at radius 3 is 2.78 bits per heavy atom. The second-order valence-corrected chi connectivity index (χ2v) is 7.01. The predicted molar refractivity (Wildman–Crippen MR) is 70.3 cm³/mol. The smallest absolute Gasteiger partial charge is 0.251 e. The minimum absolute atomic E-state index is 0.119. The summed E-state index contributed by atoms with van der Waals surface area (Å²) in [5.74, 6) is 0. The van der Waals surface area contributed by atoms with Gasteiger partial charge in [-0.25, -0.2) is 18.1 Å². The lowest BCUT2D eigenvalue weighted by Crippen LogP contribution is -2.25. The minimum Gasteiger partial charge on any atom is -0.261 e. The van der Waals surface area contributed by atoms with E-state index >= 15 is 0 Å². The van der Waals surface area contributed by atoms with E-state index in [2.05, 4.69) is 14.7 Å². The van der Waals surface area contributed by atoms with Crippen molar-refractivity contribution >= 4 is 33.0 Å². The Bertz CT molecular complexity index is 613. The molecule has 5 nitrogen and oxygen atoms in total. The summed E-state index contributed by atoms with van der Waals surface area (Å²) >= 11 is 6.53. The molecule has 0 aliphatic carbocycles. The minimum atomic E-state index is -3.52. The van der Waals surface area contributed by atoms with E-state index in [0.717, 1.165) is 17.0 Å². The van der Waals surface area contributed by atoms with Crippen LogP contribution in [0.5, 0.6) is 0 Å². The summed E-state index contributed by atoms with van der Waals surface area (Å²) in [4.78, 5) is 7.81. The highest BCUT2D eigenvalue weighted by atomic mass is 35.5. The molecular formula is C10H10ClN3O2S2. The lowest BCUT2D eigenvalue weighted by Gasteiger charge is -2.03. The first-order valence-corrected chi connectivity index (χ1v) is 7.76. The van der Waals surface area contributed by atoms with E-state index in [4.69, 9.17) is 11.6 Å². The van der Waals surface area contributed by atoms with Gasteiger partial charge in [0.2, 0.25) is 0 Å². The molecule has 0 amide bonds. The van der Waals surface area contributed by atoms with E-state index in [1.54, 1.807) is 6.20 Å². The highest BCUT2D eigenvalue weighted by Crippen LogP contribution is 2.21. The number of halogens is 1. The lowest BCUT2D eigenvalue weighted by atomic mass is 10.3. The maximum atomic E-state index is 11.8. The van der Waals surface area contributed by atoms with Gasteiger partial charge in [0, 0.05) is 24.9 Å². The average molecular weight is 304 g/mol. The van der Waals surface area contributed by atoms with Gasteiger partial charge < -0.3 is 0 Å². The molecule has 2 heterocycles. The van der Waals surface area contributed by atoms with Gasteiger partial charge in [-0.15, -0.1) is 0 Å². The number of rotatable bonds is 5. The summed E-state index contributed by atoms with van der Waals surface area (Å²) in [6, 6.07) is 5.52. The van der Waals surface area contributed by atoms with Gasteiger partial charge in [0.05, 0.1) is 6.20 Å². The summed E-state index contributed by atoms with van der Waals surface area (Å²) in [5, 5.41) is 0. The van der Waals surface area contributed by atoms with Crippen molar-refractivity contribution in [2.24, 2.45) is 0 Å². The third-order valence-corrected chi connectivity index (χ3v) is 5.16. The quantitative estimate of drug-likeness (QED) is 0.913. The van der Waals surface area contributed by atoms with Gasteiger partial charge >= 0.3 is 0 Å². The molecule has 0 spiro atoms. The molecule has 0 fully saturated rings. The molecule has 0 atom stereocenters. The number of thiazole rings is 1. The molecule has 18 heavy (non-hydrogen) atoms. The second kappa shape index (κ2) is 5.75. The topological polar surface area (TPSA) is 72.0 Å². The monoisotopic (exact) mass is 303 g/mol. The first kappa shape index (κ1) is 13.4. The molecule has 1 N–H and O–H groups in total. The second-order valence-electron chi connectivity index (χ2n) is 3.40. The first-order valence-electron chi connectivity index (χ1n) is 5.09. The van der Waals surface area contributed by atoms with E-state index in [1.165, 1.54) is 6.20 Å². The molecule has 0 aromatic carbocycles. The van der Waals surface area contributed by atoms with Gasteiger partial charge in [0.1, 0.15) is 0 Å². The van der Waals surface area contributed by atoms with Crippen molar-refractivity contribution in [1.82, 2.24) is 14.7 Å². The molecule has 0 saturated carbocycles. The maximum absolute atomic E-state index is 11.8. The standard InChI is InChI=1S/C10H10ClN3O2S2/c11-10-13-7-9(17-10)18(15,16)14-6-4-8-3-1-2-5-12-8/h1-3,5,7,14H,4,6H2. The molecule has 0 aliphatic rings. The normalized spacial score (nSPS) is 11.6. The van der Waals surface area contributed by atoms with Gasteiger partial charge in [0.15, 0.2) is 8.68 Å². The Morgan fingerprint density at radius 1 is 1.33 bits per heavy atom. The van der Waals surface area contributed by atoms with Crippen LogP contribution >= 0.6 is 22.9 Å². The highest BCUT2D eigenvalue weighted by molar-refractivity contribution is 7.91. The summed E-state index contributed by atoms with van der Waals surface area (Å²) in [6.45, 7) is 0.287. The van der Waals surface area contributed by atoms with Crippen LogP contribution in [-0.2, 0) is 16.4 Å². The molecule has 2 aromatic rings. The Hall–Kier alpha value is -1.02. The number of aromatic nitrogens is 2. The van der Waals surface area contributed by atoms with Crippen molar-refractivity contribution in [1.29, 1.82) is 0 Å². The van der Waals surface area contributed by atoms with E-state index in [1.807, 2.05) is 18.2 Å². The Kier molecular flexibility index (Phi) is 4.28. The lowest BCUT2D eigenvalue weighted by molar-refractivity contribution is 0.583. The van der Waals surface area contributed by atoms with E-state index in [-0.39, 0.29) is 15.2 Å². The van der Waals surface area contributed by atoms with Crippen LogP contribution in [0.1, 0.15) is 5.69 Å². The Morgan fingerprint density at radius 2 is 2.17 bits per heavy atom. The number of hydrogen-bond acceptors (Lipinski definition) is 5. The fourth-order valence-electron chi connectivity index (χ4n) is 1.29. The molecule has 2 rings (SSSR count). The van der Waals surface area contributed by atoms with Gasteiger partial charge in [-0.2, -0.15) is 0 Å². The zero-order valence-corrected chi connectivity index (χ0v) is 11.6. The summed E-state index contributed by atoms with van der Waals surface area (Å²) in [5.41, 5.74) is 0.836. The van der Waals surface area contributed by atoms with E-state index in [0.29, 0.717) is 6.42 Å². The molecule has 2 aromatic heterocycles. The van der Waals surface area contributed by atoms with Gasteiger partial charge in [-0.05, 0) is 12.1 Å². The molecule has 0 bridgehead atoms. The maximum Gasteiger partial charge on any atom is 0.251 e. The molecular weight excluding hydrogens is 294 g/mol. The third kappa shape index (κ3) is 3.49. The Labute approximate surface area is 114 Å². The summed E-state index contributed by atoms with van der Waals surface area (Å²) in [6.07, 6.45) is 3.45. The highest BCUT2D eigenvalue weighted by Gasteiger charge is 2.16. The van der Waals surface area contributed by atoms with Crippen LogP contribution < -0.4 is 4.72 Å². The zero-order chi connectivity index (χ0) is 13.0. The van der Waals surface area contributed by atoms with Gasteiger partial charge in [-0.3, -0.25) is 4.98 Å². The van der Waals surface area contributed by atoms with Crippen molar-refractivity contribution in [2.45, 2.75) is 10.6 Å². The average Bonchev–Trinajstić information content (AvgIpc) is 2.78. The largest absolute Gasteiger partial charge is 0.261 e. The summed E-state index contributed by atoms with van der Waals surface area (Å²) in [7, 11) is -3.52. The molecule has 0 radical (unpaired) electrons. The van der Waals surface area contributed by atoms with E-state index < -0.39 is 10.0 Å². The van der Waals surface area contributed by atoms with Gasteiger partial charge in [0.25, 0.3) is 10.0 Å². The van der Waals surface area contributed by atoms with Crippen molar-refractivity contribution in [3.63, 3.8) is 0 Å². The molecule has 96 valence electrons. The number of nitrogens with one attached hydrogen (secondary N) is 1. The van der Waals surface area contributed by atoms with Crippen molar-refractivity contribution < 1.29 is 8.42 Å². The fraction of sp³-hybridized carbons (Fsp3) is 0.200. The van der Waals surface area contributed by atoms with E-state index in [9.17, 15) is 8.42 Å². The van der Waals surface area contributed by atoms with Crippen molar-refractivity contribution in [3.8, 4) is 0 Å². The molecule has 0 unspecified atom stereocenters. The number of hydrogen-bond donors (Lipinski definition) is 1. The first-order chi connectivity index (χ1) is 8.58. The van der Waals surface area contributed by atoms with Crippen molar-refractivity contribution in [2.75, 3.05) is 6.54 Å². The number of sulfonamides is 1. The number of pyridine rings is 1. The number of nitrogens with zero attached hydrogens (tertiary/aromatic N) is 2. The zero-order valence-electron chi connectivity index (χ0n) is 9.21. The van der Waals surface area contributed by atoms with Crippen LogP contribution in [-0.4, -0.2) is 24.9 Å². The van der Waals surface area contributed by atoms with Crippen LogP contribution in [0.4, 0.5) is 0 Å². The van der Waals surface area contributed by atoms with Crippen LogP contribution in [0.3, 0.4) is 0 Å². The van der Waals surface area contributed by atoms with Crippen LogP contribution in [0.25, 0.3) is 0 Å². The van der Waals surface area contributed by atoms with Gasteiger partial charge in [-0.1, -0.05) is 29.0 Å². The molecule has 0 saturated heterocycles. The third-order valence-electron chi connectivity index (χ3n) is 2.12. The van der Waals surface area contributed by atoms with Crippen molar-refractivity contribution in [3.05, 3.63) is 40.8 Å². The molecule has 8 heteroatoms. The van der Waals surface area contributed by atoms with Crippen LogP contribution in [0.2, 0.25) is 4.47 Å². The van der Waals surface area contributed by atoms with Crippen LogP contribution in [0.15, 0.2) is 34.8 Å².